The second-order valence-corrected chi connectivity index (χ2v) is 5.06. The van der Waals surface area contributed by atoms with Crippen LogP contribution in [0.4, 0.5) is 19.3 Å². The average Bonchev–Trinajstić information content (AvgIpc) is 2.94. The predicted molar refractivity (Wildman–Crippen MR) is 81.2 cm³/mol. The first kappa shape index (κ1) is 15.7. The zero-order valence-corrected chi connectivity index (χ0v) is 12.3. The van der Waals surface area contributed by atoms with E-state index in [1.807, 2.05) is 0 Å². The monoisotopic (exact) mass is 331 g/mol. The van der Waals surface area contributed by atoms with Gasteiger partial charge in [0.05, 0.1) is 24.3 Å². The van der Waals surface area contributed by atoms with Crippen LogP contribution in [0.5, 0.6) is 0 Å². The van der Waals surface area contributed by atoms with Gasteiger partial charge in [0.1, 0.15) is 17.7 Å². The number of hydrogen-bond acceptors (Lipinski definition) is 4. The van der Waals surface area contributed by atoms with Crippen LogP contribution in [0.2, 0.25) is 0 Å². The lowest BCUT2D eigenvalue weighted by molar-refractivity contribution is 0.145. The minimum Gasteiger partial charge on any atom is -0.444 e. The molecule has 2 aromatic rings. The fourth-order valence-electron chi connectivity index (χ4n) is 2.46. The molecule has 0 N–H and O–H groups in total. The van der Waals surface area contributed by atoms with Gasteiger partial charge in [0, 0.05) is 22.9 Å². The molecule has 1 fully saturated rings. The van der Waals surface area contributed by atoms with E-state index in [-0.39, 0.29) is 24.3 Å². The summed E-state index contributed by atoms with van der Waals surface area (Å²) in [6.45, 7) is 0.000442. The first-order valence-electron chi connectivity index (χ1n) is 6.98. The van der Waals surface area contributed by atoms with Crippen LogP contribution < -0.4 is 4.90 Å². The number of rotatable bonds is 4. The summed E-state index contributed by atoms with van der Waals surface area (Å²) in [5.74, 6) is -1.63. The van der Waals surface area contributed by atoms with Gasteiger partial charge in [-0.25, -0.2) is 13.6 Å². The quantitative estimate of drug-likeness (QED) is 0.486. The lowest BCUT2D eigenvalue weighted by Gasteiger charge is -2.15. The summed E-state index contributed by atoms with van der Waals surface area (Å²) in [5, 5.41) is 3.33. The van der Waals surface area contributed by atoms with Crippen molar-refractivity contribution in [3.63, 3.8) is 0 Å². The van der Waals surface area contributed by atoms with Crippen molar-refractivity contribution >= 4 is 11.8 Å². The third-order valence-electron chi connectivity index (χ3n) is 3.51. The standard InChI is InChI=1S/C15H11F2N5O2/c16-12-4-10(22-8-11(7-20-21-18)24-15(22)23)5-13(17)14(12)9-2-1-3-19-6-9/h1-6,11H,7-8H2. The van der Waals surface area contributed by atoms with Crippen molar-refractivity contribution < 1.29 is 18.3 Å². The maximum absolute atomic E-state index is 14.4. The van der Waals surface area contributed by atoms with E-state index >= 15 is 0 Å². The van der Waals surface area contributed by atoms with Gasteiger partial charge in [0.25, 0.3) is 0 Å². The summed E-state index contributed by atoms with van der Waals surface area (Å²) >= 11 is 0. The molecule has 1 amide bonds. The molecule has 0 bridgehead atoms. The van der Waals surface area contributed by atoms with E-state index in [1.165, 1.54) is 18.5 Å². The smallest absolute Gasteiger partial charge is 0.414 e. The maximum atomic E-state index is 14.4. The Labute approximate surface area is 135 Å². The highest BCUT2D eigenvalue weighted by atomic mass is 19.1. The Morgan fingerprint density at radius 2 is 2.17 bits per heavy atom. The fourth-order valence-corrected chi connectivity index (χ4v) is 2.46. The van der Waals surface area contributed by atoms with Crippen LogP contribution >= 0.6 is 0 Å². The van der Waals surface area contributed by atoms with E-state index in [2.05, 4.69) is 15.0 Å². The second kappa shape index (κ2) is 6.51. The molecule has 1 atom stereocenters. The van der Waals surface area contributed by atoms with Crippen molar-refractivity contribution in [1.29, 1.82) is 0 Å². The van der Waals surface area contributed by atoms with E-state index < -0.39 is 23.8 Å². The lowest BCUT2D eigenvalue weighted by Crippen LogP contribution is -2.25. The SMILES string of the molecule is [N-]=[N+]=NCC1CN(c2cc(F)c(-c3cccnc3)c(F)c2)C(=O)O1. The third kappa shape index (κ3) is 2.97. The van der Waals surface area contributed by atoms with Gasteiger partial charge in [-0.3, -0.25) is 9.88 Å². The first-order valence-corrected chi connectivity index (χ1v) is 6.98. The number of pyridine rings is 1. The van der Waals surface area contributed by atoms with E-state index in [4.69, 9.17) is 10.3 Å². The van der Waals surface area contributed by atoms with Crippen molar-refractivity contribution in [3.05, 3.63) is 58.7 Å². The summed E-state index contributed by atoms with van der Waals surface area (Å²) < 4.78 is 33.7. The van der Waals surface area contributed by atoms with E-state index in [1.54, 1.807) is 6.07 Å². The van der Waals surface area contributed by atoms with Crippen LogP contribution in [0.15, 0.2) is 41.8 Å². The Bertz CT molecular complexity index is 801. The summed E-state index contributed by atoms with van der Waals surface area (Å²) in [6, 6.07) is 5.22. The Kier molecular flexibility index (Phi) is 4.26. The number of amides is 1. The molecule has 0 aliphatic carbocycles. The number of azide groups is 1. The van der Waals surface area contributed by atoms with Crippen molar-refractivity contribution in [3.8, 4) is 11.1 Å². The van der Waals surface area contributed by atoms with E-state index in [0.717, 1.165) is 17.0 Å². The highest BCUT2D eigenvalue weighted by Gasteiger charge is 2.33. The zero-order chi connectivity index (χ0) is 17.1. The number of hydrogen-bond donors (Lipinski definition) is 0. The van der Waals surface area contributed by atoms with E-state index in [0.29, 0.717) is 5.56 Å². The fraction of sp³-hybridized carbons (Fsp3) is 0.200. The third-order valence-corrected chi connectivity index (χ3v) is 3.51. The molecule has 1 saturated heterocycles. The Balaban J connectivity index is 1.91. The van der Waals surface area contributed by atoms with Gasteiger partial charge in [0.15, 0.2) is 0 Å². The molecule has 122 valence electrons. The largest absolute Gasteiger partial charge is 0.444 e. The van der Waals surface area contributed by atoms with E-state index in [9.17, 15) is 13.6 Å². The highest BCUT2D eigenvalue weighted by Crippen LogP contribution is 2.31. The number of carbonyl (C=O) groups is 1. The summed E-state index contributed by atoms with van der Waals surface area (Å²) in [7, 11) is 0. The number of benzene rings is 1. The van der Waals surface area contributed by atoms with Gasteiger partial charge in [-0.15, -0.1) is 0 Å². The molecule has 0 spiro atoms. The molecule has 3 rings (SSSR count). The number of carbonyl (C=O) groups excluding carboxylic acids is 1. The molecule has 1 aromatic heterocycles. The van der Waals surface area contributed by atoms with Crippen LogP contribution in [-0.2, 0) is 4.74 Å². The number of nitrogens with zero attached hydrogens (tertiary/aromatic N) is 5. The zero-order valence-electron chi connectivity index (χ0n) is 12.3. The van der Waals surface area contributed by atoms with Crippen LogP contribution in [-0.4, -0.2) is 30.3 Å². The molecule has 1 aliphatic heterocycles. The highest BCUT2D eigenvalue weighted by molar-refractivity contribution is 5.90. The normalized spacial score (nSPS) is 16.7. The number of anilines is 1. The molecule has 0 saturated carbocycles. The van der Waals surface area contributed by atoms with Gasteiger partial charge < -0.3 is 4.74 Å². The van der Waals surface area contributed by atoms with Crippen molar-refractivity contribution in [2.75, 3.05) is 18.0 Å². The molecule has 9 heteroatoms. The molecule has 2 heterocycles. The Hall–Kier alpha value is -3.19. The van der Waals surface area contributed by atoms with Gasteiger partial charge in [-0.05, 0) is 23.7 Å². The molecule has 0 radical (unpaired) electrons. The molecule has 1 aliphatic rings. The Morgan fingerprint density at radius 3 is 2.79 bits per heavy atom. The molecule has 1 unspecified atom stereocenters. The molecular weight excluding hydrogens is 320 g/mol. The summed E-state index contributed by atoms with van der Waals surface area (Å²) in [6.07, 6.45) is 1.44. The van der Waals surface area contributed by atoms with Crippen LogP contribution in [0.25, 0.3) is 21.6 Å². The van der Waals surface area contributed by atoms with Gasteiger partial charge in [0.2, 0.25) is 0 Å². The van der Waals surface area contributed by atoms with Crippen molar-refractivity contribution in [1.82, 2.24) is 4.98 Å². The summed E-state index contributed by atoms with van der Waals surface area (Å²) in [4.78, 5) is 19.4. The molecular formula is C15H11F2N5O2. The molecule has 7 nitrogen and oxygen atoms in total. The number of ether oxygens (including phenoxy) is 1. The Morgan fingerprint density at radius 1 is 1.42 bits per heavy atom. The maximum Gasteiger partial charge on any atom is 0.414 e. The van der Waals surface area contributed by atoms with Crippen LogP contribution in [0.3, 0.4) is 0 Å². The predicted octanol–water partition coefficient (Wildman–Crippen LogP) is 3.66. The van der Waals surface area contributed by atoms with Crippen molar-refractivity contribution in [2.24, 2.45) is 5.11 Å². The van der Waals surface area contributed by atoms with Crippen LogP contribution in [0, 0.1) is 11.6 Å². The van der Waals surface area contributed by atoms with Gasteiger partial charge in [-0.2, -0.15) is 0 Å². The minimum atomic E-state index is -0.815. The second-order valence-electron chi connectivity index (χ2n) is 5.06. The number of aromatic nitrogens is 1. The average molecular weight is 331 g/mol. The molecule has 1 aromatic carbocycles. The molecule has 24 heavy (non-hydrogen) atoms. The van der Waals surface area contributed by atoms with Crippen molar-refractivity contribution in [2.45, 2.75) is 6.10 Å². The summed E-state index contributed by atoms with van der Waals surface area (Å²) in [5.41, 5.74) is 8.40. The first-order chi connectivity index (χ1) is 11.6. The number of cyclic esters (lactones) is 1. The van der Waals surface area contributed by atoms with Gasteiger partial charge in [-0.1, -0.05) is 11.2 Å². The topological polar surface area (TPSA) is 91.2 Å². The van der Waals surface area contributed by atoms with Crippen LogP contribution in [0.1, 0.15) is 0 Å². The lowest BCUT2D eigenvalue weighted by atomic mass is 10.1. The minimum absolute atomic E-state index is 0.0334. The van der Waals surface area contributed by atoms with Gasteiger partial charge >= 0.3 is 6.09 Å². The number of halogens is 2.